The number of ether oxygens (including phenoxy) is 1. The average molecular weight is 393 g/mol. The second kappa shape index (κ2) is 9.50. The van der Waals surface area contributed by atoms with Crippen molar-refractivity contribution in [3.05, 3.63) is 53.1 Å². The van der Waals surface area contributed by atoms with Crippen LogP contribution >= 0.6 is 23.4 Å². The molecule has 0 fully saturated rings. The lowest BCUT2D eigenvalue weighted by molar-refractivity contribution is -0.115. The molecule has 0 heterocycles. The monoisotopic (exact) mass is 392 g/mol. The maximum atomic E-state index is 12.3. The van der Waals surface area contributed by atoms with Gasteiger partial charge in [0.05, 0.1) is 23.8 Å². The van der Waals surface area contributed by atoms with Gasteiger partial charge in [0.15, 0.2) is 0 Å². The fourth-order valence-corrected chi connectivity index (χ4v) is 3.06. The highest BCUT2D eigenvalue weighted by molar-refractivity contribution is 8.01. The van der Waals surface area contributed by atoms with E-state index in [0.29, 0.717) is 16.5 Å². The van der Waals surface area contributed by atoms with Gasteiger partial charge in [-0.15, -0.1) is 11.8 Å². The minimum atomic E-state index is -0.415. The van der Waals surface area contributed by atoms with Crippen molar-refractivity contribution in [2.24, 2.45) is 0 Å². The van der Waals surface area contributed by atoms with Crippen LogP contribution in [-0.4, -0.2) is 29.9 Å². The second-order valence-electron chi connectivity index (χ2n) is 5.70. The molecule has 5 nitrogen and oxygen atoms in total. The molecule has 0 saturated heterocycles. The molecule has 26 heavy (non-hydrogen) atoms. The third-order valence-corrected chi connectivity index (χ3v) is 4.93. The SMILES string of the molecule is COc1ccc(Cl)cc1NC(=O)[C@@H](C)SCC(=O)Nc1cccc(C)c1. The molecule has 7 heteroatoms. The Balaban J connectivity index is 1.87. The van der Waals surface area contributed by atoms with Gasteiger partial charge in [0.25, 0.3) is 0 Å². The van der Waals surface area contributed by atoms with Gasteiger partial charge in [0.1, 0.15) is 5.75 Å². The number of thioether (sulfide) groups is 1. The fraction of sp³-hybridized carbons (Fsp3) is 0.263. The van der Waals surface area contributed by atoms with Crippen molar-refractivity contribution >= 4 is 46.6 Å². The molecule has 0 bridgehead atoms. The van der Waals surface area contributed by atoms with Crippen LogP contribution in [0.3, 0.4) is 0 Å². The number of aryl methyl sites for hydroxylation is 1. The smallest absolute Gasteiger partial charge is 0.237 e. The van der Waals surface area contributed by atoms with Gasteiger partial charge in [-0.05, 0) is 49.7 Å². The summed E-state index contributed by atoms with van der Waals surface area (Å²) in [5.41, 5.74) is 2.32. The standard InChI is InChI=1S/C19H21ClN2O3S/c1-12-5-4-6-15(9-12)21-18(23)11-26-13(2)19(24)22-16-10-14(20)7-8-17(16)25-3/h4-10,13H,11H2,1-3H3,(H,21,23)(H,22,24)/t13-/m1/s1. The number of benzene rings is 2. The van der Waals surface area contributed by atoms with Crippen LogP contribution in [0.4, 0.5) is 11.4 Å². The maximum absolute atomic E-state index is 12.3. The van der Waals surface area contributed by atoms with Crippen LogP contribution in [-0.2, 0) is 9.59 Å². The van der Waals surface area contributed by atoms with E-state index in [4.69, 9.17) is 16.3 Å². The zero-order valence-corrected chi connectivity index (χ0v) is 16.4. The lowest BCUT2D eigenvalue weighted by Gasteiger charge is -2.14. The number of anilines is 2. The van der Waals surface area contributed by atoms with E-state index in [-0.39, 0.29) is 17.6 Å². The Morgan fingerprint density at radius 3 is 2.65 bits per heavy atom. The van der Waals surface area contributed by atoms with Crippen LogP contribution < -0.4 is 15.4 Å². The van der Waals surface area contributed by atoms with E-state index in [1.807, 2.05) is 31.2 Å². The maximum Gasteiger partial charge on any atom is 0.237 e. The molecule has 2 rings (SSSR count). The third kappa shape index (κ3) is 5.97. The van der Waals surface area contributed by atoms with Gasteiger partial charge in [0, 0.05) is 10.7 Å². The van der Waals surface area contributed by atoms with E-state index in [0.717, 1.165) is 11.3 Å². The summed E-state index contributed by atoms with van der Waals surface area (Å²) in [6, 6.07) is 12.6. The van der Waals surface area contributed by atoms with Crippen LogP contribution in [0.5, 0.6) is 5.75 Å². The molecule has 2 N–H and O–H groups in total. The van der Waals surface area contributed by atoms with Crippen molar-refractivity contribution in [3.8, 4) is 5.75 Å². The molecule has 0 aromatic heterocycles. The molecular weight excluding hydrogens is 372 g/mol. The van der Waals surface area contributed by atoms with Gasteiger partial charge >= 0.3 is 0 Å². The van der Waals surface area contributed by atoms with Gasteiger partial charge in [-0.3, -0.25) is 9.59 Å². The number of rotatable bonds is 7. The number of carbonyl (C=O) groups excluding carboxylic acids is 2. The lowest BCUT2D eigenvalue weighted by atomic mass is 10.2. The third-order valence-electron chi connectivity index (χ3n) is 3.55. The zero-order valence-electron chi connectivity index (χ0n) is 14.8. The number of amides is 2. The highest BCUT2D eigenvalue weighted by Crippen LogP contribution is 2.28. The minimum Gasteiger partial charge on any atom is -0.495 e. The Kier molecular flexibility index (Phi) is 7.36. The van der Waals surface area contributed by atoms with Gasteiger partial charge < -0.3 is 15.4 Å². The fourth-order valence-electron chi connectivity index (χ4n) is 2.21. The summed E-state index contributed by atoms with van der Waals surface area (Å²) in [5.74, 6) is 0.325. The van der Waals surface area contributed by atoms with Crippen molar-refractivity contribution in [1.82, 2.24) is 0 Å². The molecule has 0 saturated carbocycles. The van der Waals surface area contributed by atoms with E-state index in [2.05, 4.69) is 10.6 Å². The first-order chi connectivity index (χ1) is 12.4. The molecule has 2 aromatic rings. The predicted octanol–water partition coefficient (Wildman–Crippen LogP) is 4.36. The van der Waals surface area contributed by atoms with Crippen LogP contribution in [0.1, 0.15) is 12.5 Å². The van der Waals surface area contributed by atoms with E-state index >= 15 is 0 Å². The molecule has 1 atom stereocenters. The largest absolute Gasteiger partial charge is 0.495 e. The van der Waals surface area contributed by atoms with Gasteiger partial charge in [-0.2, -0.15) is 0 Å². The topological polar surface area (TPSA) is 67.4 Å². The van der Waals surface area contributed by atoms with Gasteiger partial charge in [-0.25, -0.2) is 0 Å². The Bertz CT molecular complexity index is 798. The summed E-state index contributed by atoms with van der Waals surface area (Å²) in [7, 11) is 1.52. The van der Waals surface area contributed by atoms with E-state index in [9.17, 15) is 9.59 Å². The molecule has 2 aromatic carbocycles. The molecule has 2 amide bonds. The molecule has 0 aliphatic rings. The normalized spacial score (nSPS) is 11.5. The number of carbonyl (C=O) groups is 2. The van der Waals surface area contributed by atoms with Crippen molar-refractivity contribution in [3.63, 3.8) is 0 Å². The molecule has 0 aliphatic carbocycles. The number of nitrogens with one attached hydrogen (secondary N) is 2. The van der Waals surface area contributed by atoms with Gasteiger partial charge in [-0.1, -0.05) is 23.7 Å². The number of halogens is 1. The Hall–Kier alpha value is -2.18. The van der Waals surface area contributed by atoms with Crippen molar-refractivity contribution in [2.45, 2.75) is 19.1 Å². The molecule has 0 unspecified atom stereocenters. The van der Waals surface area contributed by atoms with Crippen molar-refractivity contribution in [1.29, 1.82) is 0 Å². The van der Waals surface area contributed by atoms with Gasteiger partial charge in [0.2, 0.25) is 11.8 Å². The quantitative estimate of drug-likeness (QED) is 0.734. The number of methoxy groups -OCH3 is 1. The Morgan fingerprint density at radius 1 is 1.19 bits per heavy atom. The Morgan fingerprint density at radius 2 is 1.96 bits per heavy atom. The van der Waals surface area contributed by atoms with Crippen LogP contribution in [0.15, 0.2) is 42.5 Å². The van der Waals surface area contributed by atoms with Crippen molar-refractivity contribution in [2.75, 3.05) is 23.5 Å². The number of hydrogen-bond acceptors (Lipinski definition) is 4. The molecule has 0 radical (unpaired) electrons. The van der Waals surface area contributed by atoms with Crippen LogP contribution in [0.2, 0.25) is 5.02 Å². The van der Waals surface area contributed by atoms with E-state index < -0.39 is 5.25 Å². The van der Waals surface area contributed by atoms with Crippen LogP contribution in [0.25, 0.3) is 0 Å². The highest BCUT2D eigenvalue weighted by Gasteiger charge is 2.17. The Labute approximate surface area is 162 Å². The summed E-state index contributed by atoms with van der Waals surface area (Å²) in [6.45, 7) is 3.71. The summed E-state index contributed by atoms with van der Waals surface area (Å²) in [5, 5.41) is 5.69. The predicted molar refractivity (Wildman–Crippen MR) is 108 cm³/mol. The lowest BCUT2D eigenvalue weighted by Crippen LogP contribution is -2.25. The highest BCUT2D eigenvalue weighted by atomic mass is 35.5. The summed E-state index contributed by atoms with van der Waals surface area (Å²) in [6.07, 6.45) is 0. The summed E-state index contributed by atoms with van der Waals surface area (Å²) in [4.78, 5) is 24.4. The molecular formula is C19H21ClN2O3S. The van der Waals surface area contributed by atoms with E-state index in [1.54, 1.807) is 25.1 Å². The van der Waals surface area contributed by atoms with E-state index in [1.165, 1.54) is 18.9 Å². The first kappa shape index (κ1) is 20.1. The molecule has 138 valence electrons. The number of hydrogen-bond donors (Lipinski definition) is 2. The molecule has 0 spiro atoms. The van der Waals surface area contributed by atoms with Crippen LogP contribution in [0, 0.1) is 6.92 Å². The first-order valence-electron chi connectivity index (χ1n) is 8.01. The minimum absolute atomic E-state index is 0.152. The first-order valence-corrected chi connectivity index (χ1v) is 9.44. The average Bonchev–Trinajstić information content (AvgIpc) is 2.60. The molecule has 0 aliphatic heterocycles. The second-order valence-corrected chi connectivity index (χ2v) is 7.47. The summed E-state index contributed by atoms with van der Waals surface area (Å²) >= 11 is 7.22. The van der Waals surface area contributed by atoms with Crippen molar-refractivity contribution < 1.29 is 14.3 Å². The zero-order chi connectivity index (χ0) is 19.1. The summed E-state index contributed by atoms with van der Waals surface area (Å²) < 4.78 is 5.21.